The van der Waals surface area contributed by atoms with Crippen molar-refractivity contribution in [2.24, 2.45) is 0 Å². The van der Waals surface area contributed by atoms with Crippen LogP contribution in [0.5, 0.6) is 11.5 Å². The number of amides is 3. The highest BCUT2D eigenvalue weighted by Crippen LogP contribution is 2.32. The molecule has 1 heterocycles. The molecule has 146 valence electrons. The topological polar surface area (TPSA) is 97.0 Å². The summed E-state index contributed by atoms with van der Waals surface area (Å²) in [6.45, 7) is 1.73. The molecule has 0 atom stereocenters. The van der Waals surface area contributed by atoms with Gasteiger partial charge < -0.3 is 25.0 Å². The van der Waals surface area contributed by atoms with Gasteiger partial charge in [0.15, 0.2) is 11.5 Å². The number of carbonyl (C=O) groups is 3. The number of hydrogen-bond acceptors (Lipinski definition) is 5. The molecule has 3 amide bonds. The average molecular weight is 383 g/mol. The Kier molecular flexibility index (Phi) is 5.78. The van der Waals surface area contributed by atoms with E-state index in [9.17, 15) is 14.4 Å². The Balaban J connectivity index is 1.46. The SMILES string of the molecule is Cc1ccc(NC(=O)CN(C)C(=O)CNC(=O)c2ccc3c(c2)OCO3)cc1. The molecule has 0 aliphatic carbocycles. The molecular weight excluding hydrogens is 362 g/mol. The number of rotatable bonds is 6. The van der Waals surface area contributed by atoms with Gasteiger partial charge in [-0.1, -0.05) is 17.7 Å². The van der Waals surface area contributed by atoms with Crippen LogP contribution < -0.4 is 20.1 Å². The van der Waals surface area contributed by atoms with Gasteiger partial charge in [0.05, 0.1) is 13.1 Å². The molecule has 2 N–H and O–H groups in total. The lowest BCUT2D eigenvalue weighted by Gasteiger charge is -2.17. The molecule has 0 fully saturated rings. The number of fused-ring (bicyclic) bond motifs is 1. The third-order valence-corrected chi connectivity index (χ3v) is 4.18. The number of carbonyl (C=O) groups excluding carboxylic acids is 3. The highest BCUT2D eigenvalue weighted by molar-refractivity contribution is 5.98. The van der Waals surface area contributed by atoms with Crippen LogP contribution in [0.2, 0.25) is 0 Å². The molecule has 2 aromatic rings. The first kappa shape index (κ1) is 19.2. The maximum atomic E-state index is 12.2. The first-order valence-corrected chi connectivity index (χ1v) is 8.71. The highest BCUT2D eigenvalue weighted by atomic mass is 16.7. The summed E-state index contributed by atoms with van der Waals surface area (Å²) >= 11 is 0. The van der Waals surface area contributed by atoms with Crippen molar-refractivity contribution >= 4 is 23.4 Å². The predicted octanol–water partition coefficient (Wildman–Crippen LogP) is 1.55. The van der Waals surface area contributed by atoms with Crippen molar-refractivity contribution in [2.75, 3.05) is 32.2 Å². The fourth-order valence-corrected chi connectivity index (χ4v) is 2.57. The van der Waals surface area contributed by atoms with Gasteiger partial charge in [0, 0.05) is 18.3 Å². The maximum absolute atomic E-state index is 12.2. The number of benzene rings is 2. The lowest BCUT2D eigenvalue weighted by Crippen LogP contribution is -2.41. The Morgan fingerprint density at radius 2 is 1.75 bits per heavy atom. The van der Waals surface area contributed by atoms with E-state index in [0.717, 1.165) is 5.56 Å². The van der Waals surface area contributed by atoms with Crippen molar-refractivity contribution in [2.45, 2.75) is 6.92 Å². The van der Waals surface area contributed by atoms with E-state index in [0.29, 0.717) is 22.7 Å². The molecule has 0 unspecified atom stereocenters. The van der Waals surface area contributed by atoms with Crippen LogP contribution in [0.4, 0.5) is 5.69 Å². The quantitative estimate of drug-likeness (QED) is 0.789. The van der Waals surface area contributed by atoms with Crippen LogP contribution in [-0.2, 0) is 9.59 Å². The van der Waals surface area contributed by atoms with Crippen LogP contribution in [0.1, 0.15) is 15.9 Å². The van der Waals surface area contributed by atoms with Crippen molar-refractivity contribution in [1.82, 2.24) is 10.2 Å². The summed E-state index contributed by atoms with van der Waals surface area (Å²) in [6.07, 6.45) is 0. The molecule has 0 bridgehead atoms. The van der Waals surface area contributed by atoms with E-state index in [-0.39, 0.29) is 31.7 Å². The molecular formula is C20H21N3O5. The summed E-state index contributed by atoms with van der Waals surface area (Å²) in [5.74, 6) is -0.0464. The molecule has 8 nitrogen and oxygen atoms in total. The van der Waals surface area contributed by atoms with E-state index in [1.54, 1.807) is 30.3 Å². The number of anilines is 1. The summed E-state index contributed by atoms with van der Waals surface area (Å²) in [6, 6.07) is 12.1. The first-order chi connectivity index (χ1) is 13.4. The summed E-state index contributed by atoms with van der Waals surface area (Å²) in [5.41, 5.74) is 2.10. The molecule has 0 spiro atoms. The Hall–Kier alpha value is -3.55. The fraction of sp³-hybridized carbons (Fsp3) is 0.250. The first-order valence-electron chi connectivity index (χ1n) is 8.71. The summed E-state index contributed by atoms with van der Waals surface area (Å²) in [5, 5.41) is 5.27. The molecule has 3 rings (SSSR count). The minimum Gasteiger partial charge on any atom is -0.454 e. The number of hydrogen-bond donors (Lipinski definition) is 2. The zero-order chi connectivity index (χ0) is 20.1. The minimum atomic E-state index is -0.413. The fourth-order valence-electron chi connectivity index (χ4n) is 2.57. The van der Waals surface area contributed by atoms with Gasteiger partial charge in [-0.05, 0) is 37.3 Å². The molecule has 1 aliphatic heterocycles. The third kappa shape index (κ3) is 4.79. The van der Waals surface area contributed by atoms with Crippen molar-refractivity contribution < 1.29 is 23.9 Å². The standard InChI is InChI=1S/C20H21N3O5/c1-13-3-6-15(7-4-13)22-18(24)11-23(2)19(25)10-21-20(26)14-5-8-16-17(9-14)28-12-27-16/h3-9H,10-12H2,1-2H3,(H,21,26)(H,22,24). The molecule has 28 heavy (non-hydrogen) atoms. The number of aryl methyl sites for hydroxylation is 1. The van der Waals surface area contributed by atoms with Gasteiger partial charge >= 0.3 is 0 Å². The number of nitrogens with one attached hydrogen (secondary N) is 2. The van der Waals surface area contributed by atoms with Crippen LogP contribution in [0.15, 0.2) is 42.5 Å². The van der Waals surface area contributed by atoms with E-state index in [2.05, 4.69) is 10.6 Å². The monoisotopic (exact) mass is 383 g/mol. The highest BCUT2D eigenvalue weighted by Gasteiger charge is 2.18. The van der Waals surface area contributed by atoms with Crippen molar-refractivity contribution in [3.05, 3.63) is 53.6 Å². The Morgan fingerprint density at radius 1 is 1.04 bits per heavy atom. The summed E-state index contributed by atoms with van der Waals surface area (Å²) in [4.78, 5) is 37.7. The van der Waals surface area contributed by atoms with E-state index < -0.39 is 5.91 Å². The van der Waals surface area contributed by atoms with E-state index in [1.807, 2.05) is 19.1 Å². The molecule has 0 radical (unpaired) electrons. The van der Waals surface area contributed by atoms with E-state index in [4.69, 9.17) is 9.47 Å². The van der Waals surface area contributed by atoms with Crippen LogP contribution >= 0.6 is 0 Å². The molecule has 0 saturated carbocycles. The van der Waals surface area contributed by atoms with Gasteiger partial charge in [-0.2, -0.15) is 0 Å². The molecule has 2 aromatic carbocycles. The van der Waals surface area contributed by atoms with E-state index >= 15 is 0 Å². The van der Waals surface area contributed by atoms with Crippen molar-refractivity contribution in [3.8, 4) is 11.5 Å². The predicted molar refractivity (Wildman–Crippen MR) is 102 cm³/mol. The second kappa shape index (κ2) is 8.43. The van der Waals surface area contributed by atoms with Gasteiger partial charge in [0.1, 0.15) is 0 Å². The largest absolute Gasteiger partial charge is 0.454 e. The Labute approximate surface area is 162 Å². The van der Waals surface area contributed by atoms with Crippen LogP contribution in [0.3, 0.4) is 0 Å². The second-order valence-corrected chi connectivity index (χ2v) is 6.41. The van der Waals surface area contributed by atoms with Gasteiger partial charge in [-0.15, -0.1) is 0 Å². The Bertz CT molecular complexity index is 895. The van der Waals surface area contributed by atoms with E-state index in [1.165, 1.54) is 11.9 Å². The number of likely N-dealkylation sites (N-methyl/N-ethyl adjacent to an activating group) is 1. The maximum Gasteiger partial charge on any atom is 0.251 e. The van der Waals surface area contributed by atoms with Crippen LogP contribution in [0.25, 0.3) is 0 Å². The van der Waals surface area contributed by atoms with Gasteiger partial charge in [0.2, 0.25) is 18.6 Å². The normalized spacial score (nSPS) is 11.6. The van der Waals surface area contributed by atoms with Gasteiger partial charge in [-0.3, -0.25) is 14.4 Å². The number of ether oxygens (including phenoxy) is 2. The molecule has 0 aromatic heterocycles. The molecule has 0 saturated heterocycles. The third-order valence-electron chi connectivity index (χ3n) is 4.18. The zero-order valence-electron chi connectivity index (χ0n) is 15.7. The smallest absolute Gasteiger partial charge is 0.251 e. The molecule has 8 heteroatoms. The number of nitrogens with zero attached hydrogens (tertiary/aromatic N) is 1. The van der Waals surface area contributed by atoms with Gasteiger partial charge in [0.25, 0.3) is 5.91 Å². The summed E-state index contributed by atoms with van der Waals surface area (Å²) in [7, 11) is 1.50. The van der Waals surface area contributed by atoms with Crippen molar-refractivity contribution in [1.29, 1.82) is 0 Å². The lowest BCUT2D eigenvalue weighted by atomic mass is 10.2. The van der Waals surface area contributed by atoms with Gasteiger partial charge in [-0.25, -0.2) is 0 Å². The average Bonchev–Trinajstić information content (AvgIpc) is 3.15. The lowest BCUT2D eigenvalue weighted by molar-refractivity contribution is -0.132. The second-order valence-electron chi connectivity index (χ2n) is 6.41. The molecule has 1 aliphatic rings. The summed E-state index contributed by atoms with van der Waals surface area (Å²) < 4.78 is 10.4. The van der Waals surface area contributed by atoms with Crippen LogP contribution in [-0.4, -0.2) is 49.6 Å². The van der Waals surface area contributed by atoms with Crippen molar-refractivity contribution in [3.63, 3.8) is 0 Å². The van der Waals surface area contributed by atoms with Crippen LogP contribution in [0, 0.1) is 6.92 Å². The Morgan fingerprint density at radius 3 is 2.50 bits per heavy atom. The minimum absolute atomic E-state index is 0.118. The zero-order valence-corrected chi connectivity index (χ0v) is 15.7.